The number of oxazole rings is 1. The minimum Gasteiger partial charge on any atom is -0.476 e. The Balaban J connectivity index is 2.22. The smallest absolute Gasteiger partial charge is 0.357 e. The number of hydrogen-bond donors (Lipinski definition) is 2. The summed E-state index contributed by atoms with van der Waals surface area (Å²) in [5.74, 6) is -1.12. The standard InChI is InChI=1S/C11H11N3O3/c1-6-3-4-8(7(2)12-6)13-11-14-9(5-17-11)10(15)16/h3-5H,1-2H3,(H,13,14)(H,15,16). The number of anilines is 2. The molecule has 6 heteroatoms. The third-order valence-electron chi connectivity index (χ3n) is 2.19. The van der Waals surface area contributed by atoms with Crippen LogP contribution in [0.2, 0.25) is 0 Å². The third-order valence-corrected chi connectivity index (χ3v) is 2.19. The van der Waals surface area contributed by atoms with Crippen LogP contribution in [0.3, 0.4) is 0 Å². The van der Waals surface area contributed by atoms with Crippen molar-refractivity contribution < 1.29 is 14.3 Å². The average Bonchev–Trinajstić information content (AvgIpc) is 2.71. The first-order valence-electron chi connectivity index (χ1n) is 4.96. The van der Waals surface area contributed by atoms with Gasteiger partial charge in [0.1, 0.15) is 6.26 Å². The fraction of sp³-hybridized carbons (Fsp3) is 0.182. The first kappa shape index (κ1) is 11.1. The van der Waals surface area contributed by atoms with E-state index in [9.17, 15) is 4.79 Å². The Bertz CT molecular complexity index is 563. The van der Waals surface area contributed by atoms with Crippen LogP contribution in [0.15, 0.2) is 22.8 Å². The van der Waals surface area contributed by atoms with E-state index in [1.807, 2.05) is 26.0 Å². The molecule has 0 saturated carbocycles. The lowest BCUT2D eigenvalue weighted by Crippen LogP contribution is -1.99. The molecule has 0 atom stereocenters. The highest BCUT2D eigenvalue weighted by atomic mass is 16.4. The zero-order chi connectivity index (χ0) is 12.4. The van der Waals surface area contributed by atoms with Gasteiger partial charge in [0.2, 0.25) is 0 Å². The highest BCUT2D eigenvalue weighted by Crippen LogP contribution is 2.18. The molecule has 0 aliphatic rings. The van der Waals surface area contributed by atoms with E-state index in [1.54, 1.807) is 0 Å². The fourth-order valence-corrected chi connectivity index (χ4v) is 1.36. The molecule has 0 saturated heterocycles. The van der Waals surface area contributed by atoms with E-state index in [1.165, 1.54) is 0 Å². The van der Waals surface area contributed by atoms with Gasteiger partial charge in [-0.25, -0.2) is 4.79 Å². The van der Waals surface area contributed by atoms with Crippen LogP contribution in [0, 0.1) is 13.8 Å². The number of nitrogens with one attached hydrogen (secondary N) is 1. The lowest BCUT2D eigenvalue weighted by Gasteiger charge is -2.05. The zero-order valence-electron chi connectivity index (χ0n) is 9.39. The van der Waals surface area contributed by atoms with Crippen LogP contribution in [-0.2, 0) is 0 Å². The first-order chi connectivity index (χ1) is 8.06. The number of nitrogens with zero attached hydrogens (tertiary/aromatic N) is 2. The zero-order valence-corrected chi connectivity index (χ0v) is 9.39. The molecule has 0 aromatic carbocycles. The lowest BCUT2D eigenvalue weighted by atomic mass is 10.3. The number of carboxylic acid groups (broad SMARTS) is 1. The van der Waals surface area contributed by atoms with Crippen molar-refractivity contribution in [3.8, 4) is 0 Å². The van der Waals surface area contributed by atoms with Gasteiger partial charge in [-0.15, -0.1) is 0 Å². The Morgan fingerprint density at radius 3 is 2.71 bits per heavy atom. The molecule has 2 heterocycles. The second kappa shape index (κ2) is 4.25. The Kier molecular flexibility index (Phi) is 2.78. The molecule has 6 nitrogen and oxygen atoms in total. The van der Waals surface area contributed by atoms with E-state index in [4.69, 9.17) is 9.52 Å². The monoisotopic (exact) mass is 233 g/mol. The van der Waals surface area contributed by atoms with Crippen molar-refractivity contribution in [3.63, 3.8) is 0 Å². The van der Waals surface area contributed by atoms with E-state index in [2.05, 4.69) is 15.3 Å². The van der Waals surface area contributed by atoms with Gasteiger partial charge in [-0.1, -0.05) is 0 Å². The maximum atomic E-state index is 10.6. The number of aromatic carboxylic acids is 1. The Morgan fingerprint density at radius 1 is 1.35 bits per heavy atom. The van der Waals surface area contributed by atoms with Gasteiger partial charge in [0, 0.05) is 5.69 Å². The molecule has 0 aliphatic carbocycles. The van der Waals surface area contributed by atoms with Crippen molar-refractivity contribution in [2.45, 2.75) is 13.8 Å². The number of pyridine rings is 1. The number of rotatable bonds is 3. The molecule has 0 spiro atoms. The second-order valence-electron chi connectivity index (χ2n) is 3.55. The van der Waals surface area contributed by atoms with Gasteiger partial charge in [-0.05, 0) is 26.0 Å². The number of carboxylic acids is 1. The third kappa shape index (κ3) is 2.41. The SMILES string of the molecule is Cc1ccc(Nc2nc(C(=O)O)co2)c(C)n1. The Hall–Kier alpha value is -2.37. The summed E-state index contributed by atoms with van der Waals surface area (Å²) in [5.41, 5.74) is 2.30. The van der Waals surface area contributed by atoms with Crippen LogP contribution in [0.4, 0.5) is 11.7 Å². The minimum atomic E-state index is -1.12. The highest BCUT2D eigenvalue weighted by molar-refractivity contribution is 5.85. The molecule has 2 aromatic rings. The van der Waals surface area contributed by atoms with Crippen molar-refractivity contribution in [1.29, 1.82) is 0 Å². The summed E-state index contributed by atoms with van der Waals surface area (Å²) in [5, 5.41) is 11.6. The molecule has 0 unspecified atom stereocenters. The second-order valence-corrected chi connectivity index (χ2v) is 3.55. The maximum absolute atomic E-state index is 10.6. The van der Waals surface area contributed by atoms with Gasteiger partial charge in [-0.3, -0.25) is 4.98 Å². The van der Waals surface area contributed by atoms with Gasteiger partial charge in [0.25, 0.3) is 6.01 Å². The van der Waals surface area contributed by atoms with Crippen LogP contribution in [-0.4, -0.2) is 21.0 Å². The van der Waals surface area contributed by atoms with Crippen LogP contribution in [0.1, 0.15) is 21.9 Å². The molecule has 0 bridgehead atoms. The molecule has 0 aliphatic heterocycles. The van der Waals surface area contributed by atoms with Gasteiger partial charge in [-0.2, -0.15) is 4.98 Å². The van der Waals surface area contributed by atoms with Crippen molar-refractivity contribution >= 4 is 17.7 Å². The summed E-state index contributed by atoms with van der Waals surface area (Å²) in [7, 11) is 0. The normalized spacial score (nSPS) is 10.2. The summed E-state index contributed by atoms with van der Waals surface area (Å²) in [6, 6.07) is 3.81. The van der Waals surface area contributed by atoms with E-state index in [0.717, 1.165) is 23.3 Å². The number of aryl methyl sites for hydroxylation is 2. The molecule has 2 N–H and O–H groups in total. The Morgan fingerprint density at radius 2 is 2.12 bits per heavy atom. The molecule has 0 amide bonds. The number of aromatic nitrogens is 2. The van der Waals surface area contributed by atoms with Crippen LogP contribution < -0.4 is 5.32 Å². The van der Waals surface area contributed by atoms with E-state index >= 15 is 0 Å². The van der Waals surface area contributed by atoms with E-state index in [-0.39, 0.29) is 11.7 Å². The fourth-order valence-electron chi connectivity index (χ4n) is 1.36. The number of hydrogen-bond acceptors (Lipinski definition) is 5. The molecule has 88 valence electrons. The largest absolute Gasteiger partial charge is 0.476 e. The topological polar surface area (TPSA) is 88.2 Å². The molecule has 0 radical (unpaired) electrons. The summed E-state index contributed by atoms with van der Waals surface area (Å²) in [4.78, 5) is 18.6. The van der Waals surface area contributed by atoms with Crippen molar-refractivity contribution in [2.75, 3.05) is 5.32 Å². The first-order valence-corrected chi connectivity index (χ1v) is 4.96. The molecule has 2 rings (SSSR count). The number of carbonyl (C=O) groups is 1. The molecule has 0 fully saturated rings. The Labute approximate surface area is 97.3 Å². The van der Waals surface area contributed by atoms with Crippen LogP contribution in [0.25, 0.3) is 0 Å². The van der Waals surface area contributed by atoms with Gasteiger partial charge >= 0.3 is 5.97 Å². The molecule has 2 aromatic heterocycles. The molecular formula is C11H11N3O3. The predicted molar refractivity (Wildman–Crippen MR) is 60.5 cm³/mol. The predicted octanol–water partition coefficient (Wildman–Crippen LogP) is 2.13. The van der Waals surface area contributed by atoms with Crippen molar-refractivity contribution in [3.05, 3.63) is 35.5 Å². The van der Waals surface area contributed by atoms with Crippen molar-refractivity contribution in [2.24, 2.45) is 0 Å². The van der Waals surface area contributed by atoms with E-state index < -0.39 is 5.97 Å². The van der Waals surface area contributed by atoms with Gasteiger partial charge in [0.15, 0.2) is 5.69 Å². The summed E-state index contributed by atoms with van der Waals surface area (Å²) in [6.45, 7) is 3.74. The van der Waals surface area contributed by atoms with Crippen LogP contribution in [0.5, 0.6) is 0 Å². The summed E-state index contributed by atoms with van der Waals surface area (Å²) >= 11 is 0. The van der Waals surface area contributed by atoms with Gasteiger partial charge in [0.05, 0.1) is 11.4 Å². The summed E-state index contributed by atoms with van der Waals surface area (Å²) in [6.07, 6.45) is 1.08. The minimum absolute atomic E-state index is 0.134. The summed E-state index contributed by atoms with van der Waals surface area (Å²) < 4.78 is 4.98. The highest BCUT2D eigenvalue weighted by Gasteiger charge is 2.11. The van der Waals surface area contributed by atoms with Crippen LogP contribution >= 0.6 is 0 Å². The quantitative estimate of drug-likeness (QED) is 0.844. The molecular weight excluding hydrogens is 222 g/mol. The van der Waals surface area contributed by atoms with E-state index in [0.29, 0.717) is 0 Å². The molecule has 17 heavy (non-hydrogen) atoms. The maximum Gasteiger partial charge on any atom is 0.357 e. The lowest BCUT2D eigenvalue weighted by molar-refractivity contribution is 0.0690. The van der Waals surface area contributed by atoms with Gasteiger partial charge < -0.3 is 14.8 Å². The van der Waals surface area contributed by atoms with Crippen molar-refractivity contribution in [1.82, 2.24) is 9.97 Å². The average molecular weight is 233 g/mol.